The van der Waals surface area contributed by atoms with Crippen LogP contribution in [-0.4, -0.2) is 68.0 Å². The van der Waals surface area contributed by atoms with Gasteiger partial charge in [-0.05, 0) is 6.07 Å². The van der Waals surface area contributed by atoms with Crippen LogP contribution in [0.2, 0.25) is 0 Å². The fraction of sp³-hybridized carbons (Fsp3) is 0.259. The highest BCUT2D eigenvalue weighted by Gasteiger charge is 2.31. The first-order valence-electron chi connectivity index (χ1n) is 12.4. The smallest absolute Gasteiger partial charge is 0.253 e. The zero-order valence-electron chi connectivity index (χ0n) is 21.0. The van der Waals surface area contributed by atoms with E-state index in [0.717, 1.165) is 10.5 Å². The summed E-state index contributed by atoms with van der Waals surface area (Å²) in [6.07, 6.45) is -0.356. The minimum atomic E-state index is -3.35. The van der Waals surface area contributed by atoms with Crippen LogP contribution in [0.25, 0.3) is 0 Å². The van der Waals surface area contributed by atoms with E-state index in [2.05, 4.69) is 20.6 Å². The maximum Gasteiger partial charge on any atom is 0.253 e. The summed E-state index contributed by atoms with van der Waals surface area (Å²) in [6.45, 7) is -0.992. The molecule has 2 aliphatic rings. The Hall–Kier alpha value is -4.26. The first-order chi connectivity index (χ1) is 19.1. The number of amides is 1. The summed E-state index contributed by atoms with van der Waals surface area (Å²) in [5, 5.41) is 5.17. The van der Waals surface area contributed by atoms with Crippen molar-refractivity contribution in [3.05, 3.63) is 83.3 Å². The quantitative estimate of drug-likeness (QED) is 0.419. The maximum absolute atomic E-state index is 15.2. The molecule has 0 saturated carbocycles. The molecule has 5 rings (SSSR count). The number of pyridine rings is 1. The Kier molecular flexibility index (Phi) is 7.57. The first kappa shape index (κ1) is 27.3. The summed E-state index contributed by atoms with van der Waals surface area (Å²) in [5.74, 6) is -6.85. The number of sulfone groups is 1. The molecule has 1 saturated heterocycles. The number of benzene rings is 2. The topological polar surface area (TPSA) is 121 Å². The van der Waals surface area contributed by atoms with Crippen LogP contribution in [0, 0.1) is 17.6 Å². The van der Waals surface area contributed by atoms with Gasteiger partial charge in [0.2, 0.25) is 11.7 Å². The number of Topliss-reactive ketones (excluding diaryl/α,β-unsaturated/α-hetero) is 1. The summed E-state index contributed by atoms with van der Waals surface area (Å²) in [7, 11) is -3.35. The molecule has 3 heterocycles. The van der Waals surface area contributed by atoms with Gasteiger partial charge in [0.25, 0.3) is 5.95 Å². The van der Waals surface area contributed by atoms with Gasteiger partial charge < -0.3 is 15.5 Å². The monoisotopic (exact) mass is 571 g/mol. The van der Waals surface area contributed by atoms with Gasteiger partial charge in [-0.1, -0.05) is 48.5 Å². The van der Waals surface area contributed by atoms with E-state index in [-0.39, 0.29) is 31.0 Å². The predicted octanol–water partition coefficient (Wildman–Crippen LogP) is 2.96. The van der Waals surface area contributed by atoms with Crippen LogP contribution < -0.4 is 15.5 Å². The van der Waals surface area contributed by atoms with Gasteiger partial charge in [-0.3, -0.25) is 14.6 Å². The molecular formula is C27H24F3N5O4S. The molecule has 0 radical (unpaired) electrons. The molecule has 0 aliphatic carbocycles. The van der Waals surface area contributed by atoms with Crippen molar-refractivity contribution in [2.75, 3.05) is 46.7 Å². The van der Waals surface area contributed by atoms with Crippen molar-refractivity contribution in [2.45, 2.75) is 12.5 Å². The number of hydrogen-bond donors (Lipinski definition) is 2. The number of aliphatic imine (C=N–C) groups is 1. The number of aromatic nitrogens is 1. The number of fused-ring (bicyclic) bond motifs is 1. The molecule has 1 aromatic heterocycles. The summed E-state index contributed by atoms with van der Waals surface area (Å²) < 4.78 is 67.3. The molecule has 40 heavy (non-hydrogen) atoms. The number of benzodiazepines with no additional fused rings is 1. The Morgan fingerprint density at radius 3 is 2.40 bits per heavy atom. The fourth-order valence-electron chi connectivity index (χ4n) is 4.57. The van der Waals surface area contributed by atoms with Crippen LogP contribution in [0.1, 0.15) is 17.5 Å². The summed E-state index contributed by atoms with van der Waals surface area (Å²) in [6, 6.07) is 15.1. The molecule has 1 atom stereocenters. The van der Waals surface area contributed by atoms with Crippen LogP contribution in [0.4, 0.5) is 30.4 Å². The van der Waals surface area contributed by atoms with Crippen molar-refractivity contribution in [1.82, 2.24) is 4.98 Å². The van der Waals surface area contributed by atoms with Crippen molar-refractivity contribution in [3.8, 4) is 0 Å². The van der Waals surface area contributed by atoms with E-state index in [1.54, 1.807) is 24.3 Å². The van der Waals surface area contributed by atoms with Crippen LogP contribution in [0.3, 0.4) is 0 Å². The second-order valence-electron chi connectivity index (χ2n) is 9.36. The Labute approximate surface area is 228 Å². The highest BCUT2D eigenvalue weighted by Crippen LogP contribution is 2.30. The number of nitrogens with one attached hydrogen (secondary N) is 2. The largest absolute Gasteiger partial charge is 0.364 e. The zero-order valence-corrected chi connectivity index (χ0v) is 21.8. The van der Waals surface area contributed by atoms with Gasteiger partial charge >= 0.3 is 0 Å². The molecule has 1 fully saturated rings. The molecule has 9 nitrogen and oxygen atoms in total. The Morgan fingerprint density at radius 2 is 1.68 bits per heavy atom. The van der Waals surface area contributed by atoms with Gasteiger partial charge in [0.05, 0.1) is 29.4 Å². The van der Waals surface area contributed by atoms with Crippen molar-refractivity contribution < 1.29 is 31.2 Å². The SMILES string of the molecule is O=C(CNc1nc(F)c(F)c(N2CCS(=O)(=O)CC2)c1F)CC1N=C(c2ccccc2)c2ccccc2NC1=O. The lowest BCUT2D eigenvalue weighted by Gasteiger charge is -2.29. The molecule has 2 aromatic carbocycles. The van der Waals surface area contributed by atoms with Gasteiger partial charge in [-0.2, -0.15) is 13.8 Å². The van der Waals surface area contributed by atoms with E-state index < -0.39 is 63.2 Å². The van der Waals surface area contributed by atoms with Crippen LogP contribution >= 0.6 is 0 Å². The third-order valence-electron chi connectivity index (χ3n) is 6.62. The molecule has 1 amide bonds. The standard InChI is InChI=1S/C27H24F3N5O4S/c28-21-24(35-10-12-40(38,39)13-11-35)22(29)26(34-25(21)30)31-15-17(36)14-20-27(37)33-19-9-5-4-8-18(19)23(32-20)16-6-2-1-3-7-16/h1-9,20H,10-15H2,(H,31,34)(H,33,37). The number of anilines is 3. The lowest BCUT2D eigenvalue weighted by molar-refractivity contribution is -0.122. The van der Waals surface area contributed by atoms with Crippen molar-refractivity contribution in [1.29, 1.82) is 0 Å². The number of hydrogen-bond acceptors (Lipinski definition) is 8. The molecule has 0 bridgehead atoms. The molecule has 13 heteroatoms. The number of carbonyl (C=O) groups excluding carboxylic acids is 2. The molecule has 1 unspecified atom stereocenters. The molecule has 2 aliphatic heterocycles. The lowest BCUT2D eigenvalue weighted by atomic mass is 10.0. The number of para-hydroxylation sites is 1. The van der Waals surface area contributed by atoms with Gasteiger partial charge in [-0.15, -0.1) is 0 Å². The first-order valence-corrected chi connectivity index (χ1v) is 14.2. The van der Waals surface area contributed by atoms with E-state index >= 15 is 4.39 Å². The van der Waals surface area contributed by atoms with E-state index in [1.807, 2.05) is 30.3 Å². The second kappa shape index (κ2) is 11.1. The molecular weight excluding hydrogens is 547 g/mol. The van der Waals surface area contributed by atoms with E-state index in [9.17, 15) is 26.8 Å². The highest BCUT2D eigenvalue weighted by molar-refractivity contribution is 7.91. The van der Waals surface area contributed by atoms with Crippen molar-refractivity contribution in [2.24, 2.45) is 4.99 Å². The second-order valence-corrected chi connectivity index (χ2v) is 11.7. The summed E-state index contributed by atoms with van der Waals surface area (Å²) in [5.41, 5.74) is 1.72. The molecule has 0 spiro atoms. The third-order valence-corrected chi connectivity index (χ3v) is 8.23. The number of rotatable bonds is 7. The van der Waals surface area contributed by atoms with Crippen LogP contribution in [0.5, 0.6) is 0 Å². The van der Waals surface area contributed by atoms with E-state index in [1.165, 1.54) is 0 Å². The van der Waals surface area contributed by atoms with Gasteiger partial charge in [0.1, 0.15) is 11.7 Å². The highest BCUT2D eigenvalue weighted by atomic mass is 32.2. The average molecular weight is 572 g/mol. The maximum atomic E-state index is 15.2. The predicted molar refractivity (Wildman–Crippen MR) is 144 cm³/mol. The number of carbonyl (C=O) groups is 2. The van der Waals surface area contributed by atoms with Crippen LogP contribution in [-0.2, 0) is 19.4 Å². The molecule has 3 aromatic rings. The van der Waals surface area contributed by atoms with E-state index in [4.69, 9.17) is 0 Å². The number of nitrogens with zero attached hydrogens (tertiary/aromatic N) is 3. The number of halogens is 3. The lowest BCUT2D eigenvalue weighted by Crippen LogP contribution is -2.41. The Balaban J connectivity index is 1.34. The Morgan fingerprint density at radius 1 is 1.00 bits per heavy atom. The summed E-state index contributed by atoms with van der Waals surface area (Å²) >= 11 is 0. The zero-order chi connectivity index (χ0) is 28.4. The minimum Gasteiger partial charge on any atom is -0.364 e. The van der Waals surface area contributed by atoms with Gasteiger partial charge in [0.15, 0.2) is 27.3 Å². The molecule has 2 N–H and O–H groups in total. The summed E-state index contributed by atoms with van der Waals surface area (Å²) in [4.78, 5) is 34.8. The van der Waals surface area contributed by atoms with Crippen LogP contribution in [0.15, 0.2) is 59.6 Å². The van der Waals surface area contributed by atoms with Gasteiger partial charge in [-0.25, -0.2) is 12.8 Å². The normalized spacial score (nSPS) is 18.3. The third kappa shape index (κ3) is 5.69. The van der Waals surface area contributed by atoms with Crippen molar-refractivity contribution in [3.63, 3.8) is 0 Å². The minimum absolute atomic E-state index is 0.223. The molecule has 208 valence electrons. The van der Waals surface area contributed by atoms with Crippen molar-refractivity contribution >= 4 is 44.4 Å². The van der Waals surface area contributed by atoms with E-state index in [0.29, 0.717) is 17.0 Å². The average Bonchev–Trinajstić information content (AvgIpc) is 3.07. The number of ketones is 1. The Bertz CT molecular complexity index is 1600. The van der Waals surface area contributed by atoms with Gasteiger partial charge in [0, 0.05) is 30.6 Å². The fourth-order valence-corrected chi connectivity index (χ4v) is 5.77.